The Balaban J connectivity index is 1.53. The normalized spacial score (nSPS) is 22.5. The predicted octanol–water partition coefficient (Wildman–Crippen LogP) is 5.45. The van der Waals surface area contributed by atoms with Crippen LogP contribution < -0.4 is 15.8 Å². The van der Waals surface area contributed by atoms with Crippen LogP contribution in [0.3, 0.4) is 0 Å². The summed E-state index contributed by atoms with van der Waals surface area (Å²) in [7, 11) is 0. The van der Waals surface area contributed by atoms with Gasteiger partial charge in [0, 0.05) is 40.7 Å². The fourth-order valence-electron chi connectivity index (χ4n) is 5.63. The molecular weight excluding hydrogens is 514 g/mol. The molecule has 4 N–H and O–H groups in total. The first-order valence-electron chi connectivity index (χ1n) is 12.5. The zero-order chi connectivity index (χ0) is 27.0. The van der Waals surface area contributed by atoms with Crippen molar-refractivity contribution in [1.29, 1.82) is 0 Å². The monoisotopic (exact) mass is 540 g/mol. The van der Waals surface area contributed by atoms with Gasteiger partial charge in [0.15, 0.2) is 17.2 Å². The number of carbonyl (C=O) groups is 2. The highest BCUT2D eigenvalue weighted by Gasteiger charge is 2.44. The number of nitrogens with one attached hydrogen (secondary N) is 1. The number of carbonyl (C=O) groups excluding carboxylic acids is 1. The molecule has 0 spiro atoms. The van der Waals surface area contributed by atoms with Gasteiger partial charge >= 0.3 is 5.97 Å². The van der Waals surface area contributed by atoms with Crippen LogP contribution in [0.5, 0.6) is 5.75 Å². The molecule has 1 fully saturated rings. The fourth-order valence-corrected chi connectivity index (χ4v) is 5.90. The molecule has 0 bridgehead atoms. The fraction of sp³-hybridized carbons (Fsp3) is 0.310. The number of amides is 1. The van der Waals surface area contributed by atoms with Crippen LogP contribution in [0.2, 0.25) is 5.02 Å². The minimum atomic E-state index is -1.21. The summed E-state index contributed by atoms with van der Waals surface area (Å²) >= 11 is 6.56. The summed E-state index contributed by atoms with van der Waals surface area (Å²) in [6, 6.07) is 14.9. The SMILES string of the molecule is NC(=O)c1ccc(F)c(F)c1-c1c(Cl)ccc2c1C[C@@](CN[C@H]1CC[C@H](C(=O)O)CC1)(c1ccccc1)O2. The van der Waals surface area contributed by atoms with E-state index in [1.54, 1.807) is 6.07 Å². The molecule has 1 aliphatic carbocycles. The van der Waals surface area contributed by atoms with E-state index in [0.717, 1.165) is 30.5 Å². The molecule has 1 heterocycles. The molecule has 38 heavy (non-hydrogen) atoms. The van der Waals surface area contributed by atoms with Gasteiger partial charge < -0.3 is 20.9 Å². The lowest BCUT2D eigenvalue weighted by atomic mass is 9.83. The lowest BCUT2D eigenvalue weighted by Gasteiger charge is -2.34. The standard InChI is InChI=1S/C29H27ClF2N2O4/c30-21-11-13-23-20(24(21)25-19(27(33)35)10-12-22(31)26(25)32)14-29(38-23,17-4-2-1-3-5-17)15-34-18-8-6-16(7-9-18)28(36)37/h1-5,10-13,16,18,34H,6-9,14-15H2,(H2,33,35)(H,36,37)/t16-,18-,29-/m1/s1. The van der Waals surface area contributed by atoms with Gasteiger partial charge in [-0.25, -0.2) is 8.78 Å². The molecule has 0 aromatic heterocycles. The first kappa shape index (κ1) is 26.1. The van der Waals surface area contributed by atoms with E-state index in [4.69, 9.17) is 22.1 Å². The molecular formula is C29H27ClF2N2O4. The second kappa shape index (κ2) is 10.3. The molecule has 0 unspecified atom stereocenters. The van der Waals surface area contributed by atoms with Gasteiger partial charge in [0.1, 0.15) is 5.75 Å². The van der Waals surface area contributed by atoms with Crippen molar-refractivity contribution in [2.75, 3.05) is 6.54 Å². The van der Waals surface area contributed by atoms with E-state index in [1.807, 2.05) is 30.3 Å². The van der Waals surface area contributed by atoms with Crippen LogP contribution in [0.25, 0.3) is 11.1 Å². The number of aliphatic carboxylic acids is 1. The number of carboxylic acids is 1. The van der Waals surface area contributed by atoms with Gasteiger partial charge in [0.25, 0.3) is 0 Å². The third-order valence-corrected chi connectivity index (χ3v) is 7.96. The third kappa shape index (κ3) is 4.74. The summed E-state index contributed by atoms with van der Waals surface area (Å²) in [6.07, 6.45) is 2.92. The number of benzene rings is 3. The first-order valence-corrected chi connectivity index (χ1v) is 12.9. The van der Waals surface area contributed by atoms with Gasteiger partial charge in [-0.15, -0.1) is 0 Å². The largest absolute Gasteiger partial charge is 0.481 e. The van der Waals surface area contributed by atoms with Crippen molar-refractivity contribution in [2.45, 2.75) is 43.7 Å². The molecule has 3 aromatic carbocycles. The first-order chi connectivity index (χ1) is 18.2. The Bertz CT molecular complexity index is 1390. The zero-order valence-electron chi connectivity index (χ0n) is 20.5. The Labute approximate surface area is 223 Å². The van der Waals surface area contributed by atoms with Crippen LogP contribution in [0, 0.1) is 17.6 Å². The number of nitrogens with two attached hydrogens (primary N) is 1. The van der Waals surface area contributed by atoms with Crippen molar-refractivity contribution in [2.24, 2.45) is 11.7 Å². The van der Waals surface area contributed by atoms with E-state index < -0.39 is 29.1 Å². The molecule has 1 aliphatic heterocycles. The highest BCUT2D eigenvalue weighted by atomic mass is 35.5. The van der Waals surface area contributed by atoms with E-state index in [0.29, 0.717) is 30.7 Å². The molecule has 6 nitrogen and oxygen atoms in total. The second-order valence-corrected chi connectivity index (χ2v) is 10.4. The minimum absolute atomic E-state index is 0.115. The minimum Gasteiger partial charge on any atom is -0.481 e. The van der Waals surface area contributed by atoms with E-state index in [1.165, 1.54) is 6.07 Å². The summed E-state index contributed by atoms with van der Waals surface area (Å²) in [6.45, 7) is 0.388. The summed E-state index contributed by atoms with van der Waals surface area (Å²) in [5, 5.41) is 13.0. The molecule has 0 radical (unpaired) electrons. The average molecular weight is 541 g/mol. The molecule has 3 aromatic rings. The van der Waals surface area contributed by atoms with Gasteiger partial charge in [-0.1, -0.05) is 41.9 Å². The molecule has 1 atom stereocenters. The van der Waals surface area contributed by atoms with Crippen LogP contribution in [0.4, 0.5) is 8.78 Å². The summed E-state index contributed by atoms with van der Waals surface area (Å²) in [4.78, 5) is 23.5. The number of rotatable bonds is 7. The molecule has 0 saturated heterocycles. The Morgan fingerprint density at radius 1 is 1.03 bits per heavy atom. The van der Waals surface area contributed by atoms with Crippen molar-refractivity contribution >= 4 is 23.5 Å². The maximum atomic E-state index is 15.2. The number of carboxylic acid groups (broad SMARTS) is 1. The van der Waals surface area contributed by atoms with Gasteiger partial charge in [-0.3, -0.25) is 9.59 Å². The van der Waals surface area contributed by atoms with E-state index in [2.05, 4.69) is 5.32 Å². The number of halogens is 3. The highest BCUT2D eigenvalue weighted by molar-refractivity contribution is 6.34. The maximum absolute atomic E-state index is 15.2. The average Bonchev–Trinajstić information content (AvgIpc) is 3.30. The molecule has 1 amide bonds. The number of hydrogen-bond acceptors (Lipinski definition) is 4. The van der Waals surface area contributed by atoms with Crippen LogP contribution in [-0.4, -0.2) is 29.6 Å². The number of fused-ring (bicyclic) bond motifs is 1. The lowest BCUT2D eigenvalue weighted by molar-refractivity contribution is -0.142. The number of primary amides is 1. The van der Waals surface area contributed by atoms with Gasteiger partial charge in [0.2, 0.25) is 5.91 Å². The number of hydrogen-bond donors (Lipinski definition) is 3. The van der Waals surface area contributed by atoms with Crippen molar-refractivity contribution in [1.82, 2.24) is 5.32 Å². The predicted molar refractivity (Wildman–Crippen MR) is 139 cm³/mol. The molecule has 198 valence electrons. The maximum Gasteiger partial charge on any atom is 0.306 e. The van der Waals surface area contributed by atoms with Crippen LogP contribution >= 0.6 is 11.6 Å². The second-order valence-electron chi connectivity index (χ2n) is 9.95. The smallest absolute Gasteiger partial charge is 0.306 e. The Morgan fingerprint density at radius 3 is 2.39 bits per heavy atom. The van der Waals surface area contributed by atoms with Crippen molar-refractivity contribution < 1.29 is 28.2 Å². The Kier molecular flexibility index (Phi) is 7.11. The van der Waals surface area contributed by atoms with Crippen LogP contribution in [-0.2, 0) is 16.8 Å². The molecule has 2 aliphatic rings. The molecule has 5 rings (SSSR count). The lowest BCUT2D eigenvalue weighted by Crippen LogP contribution is -2.46. The summed E-state index contributed by atoms with van der Waals surface area (Å²) in [5.41, 5.74) is 5.76. The Morgan fingerprint density at radius 2 is 1.74 bits per heavy atom. The van der Waals surface area contributed by atoms with Gasteiger partial charge in [-0.05, 0) is 55.5 Å². The summed E-state index contributed by atoms with van der Waals surface area (Å²) < 4.78 is 36.2. The highest BCUT2D eigenvalue weighted by Crippen LogP contribution is 2.49. The van der Waals surface area contributed by atoms with Crippen molar-refractivity contribution in [3.8, 4) is 16.9 Å². The van der Waals surface area contributed by atoms with Crippen LogP contribution in [0.15, 0.2) is 54.6 Å². The number of ether oxygens (including phenoxy) is 1. The Hall–Kier alpha value is -3.49. The van der Waals surface area contributed by atoms with E-state index >= 15 is 4.39 Å². The quantitative estimate of drug-likeness (QED) is 0.370. The van der Waals surface area contributed by atoms with Gasteiger partial charge in [0.05, 0.1) is 11.5 Å². The zero-order valence-corrected chi connectivity index (χ0v) is 21.2. The summed E-state index contributed by atoms with van der Waals surface area (Å²) in [5.74, 6) is -3.87. The topological polar surface area (TPSA) is 102 Å². The van der Waals surface area contributed by atoms with Crippen molar-refractivity contribution in [3.05, 3.63) is 87.9 Å². The third-order valence-electron chi connectivity index (χ3n) is 7.65. The van der Waals surface area contributed by atoms with E-state index in [9.17, 15) is 19.1 Å². The van der Waals surface area contributed by atoms with Crippen LogP contribution in [0.1, 0.15) is 47.2 Å². The van der Waals surface area contributed by atoms with Crippen molar-refractivity contribution in [3.63, 3.8) is 0 Å². The molecule has 1 saturated carbocycles. The van der Waals surface area contributed by atoms with E-state index in [-0.39, 0.29) is 40.1 Å². The van der Waals surface area contributed by atoms with Gasteiger partial charge in [-0.2, -0.15) is 0 Å². The molecule has 9 heteroatoms.